The summed E-state index contributed by atoms with van der Waals surface area (Å²) in [6.45, 7) is 6.64. The van der Waals surface area contributed by atoms with Gasteiger partial charge in [0.25, 0.3) is 0 Å². The van der Waals surface area contributed by atoms with Crippen LogP contribution in [0.5, 0.6) is 0 Å². The van der Waals surface area contributed by atoms with E-state index in [0.29, 0.717) is 28.5 Å². The van der Waals surface area contributed by atoms with Gasteiger partial charge in [0.05, 0.1) is 10.4 Å². The number of nitrogens with zero attached hydrogens (tertiary/aromatic N) is 1. The number of Topliss-reactive ketones (excluding diaryl/α,β-unsaturated/α-hetero) is 1. The summed E-state index contributed by atoms with van der Waals surface area (Å²) in [5.74, 6) is 0.949. The van der Waals surface area contributed by atoms with Crippen LogP contribution in [0.3, 0.4) is 0 Å². The predicted molar refractivity (Wildman–Crippen MR) is 97.6 cm³/mol. The molecule has 0 radical (unpaired) electrons. The smallest absolute Gasteiger partial charge is 0.298 e. The molecule has 3 aliphatic heterocycles. The summed E-state index contributed by atoms with van der Waals surface area (Å²) in [6.07, 6.45) is -1.60. The van der Waals surface area contributed by atoms with Crippen LogP contribution in [0.15, 0.2) is 24.3 Å². The second-order valence-corrected chi connectivity index (χ2v) is 9.16. The standard InChI is InChI=1S/C20H22F3NOS/c1-19(2)15(12-5-7-24(19)8-6-12)11-16(25)18-10-13-9-14(20(21,22)23)3-4-17(13)26-18/h3-4,9-10,12,15H,5-8,11H2,1-2H3/t15-/m1/s1. The van der Waals surface area contributed by atoms with Crippen molar-refractivity contribution in [2.24, 2.45) is 11.8 Å². The van der Waals surface area contributed by atoms with Gasteiger partial charge in [-0.1, -0.05) is 0 Å². The number of hydrogen-bond donors (Lipinski definition) is 0. The molecule has 0 N–H and O–H groups in total. The zero-order valence-corrected chi connectivity index (χ0v) is 15.7. The quantitative estimate of drug-likeness (QED) is 0.644. The van der Waals surface area contributed by atoms with Crippen LogP contribution < -0.4 is 0 Å². The lowest BCUT2D eigenvalue weighted by Gasteiger charge is -2.56. The molecule has 2 aromatic rings. The van der Waals surface area contributed by atoms with E-state index in [2.05, 4.69) is 18.7 Å². The zero-order valence-electron chi connectivity index (χ0n) is 14.9. The maximum Gasteiger partial charge on any atom is 0.416 e. The number of rotatable bonds is 3. The summed E-state index contributed by atoms with van der Waals surface area (Å²) in [4.78, 5) is 16.0. The Labute approximate surface area is 155 Å². The summed E-state index contributed by atoms with van der Waals surface area (Å²) in [6, 6.07) is 5.33. The van der Waals surface area contributed by atoms with Crippen LogP contribution in [0.1, 0.15) is 48.3 Å². The van der Waals surface area contributed by atoms with Crippen LogP contribution in [0.25, 0.3) is 10.1 Å². The van der Waals surface area contributed by atoms with Crippen LogP contribution in [0, 0.1) is 11.8 Å². The number of halogens is 3. The van der Waals surface area contributed by atoms with E-state index in [9.17, 15) is 18.0 Å². The highest BCUT2D eigenvalue weighted by molar-refractivity contribution is 7.20. The molecule has 3 fully saturated rings. The Kier molecular flexibility index (Phi) is 4.19. The lowest BCUT2D eigenvalue weighted by atomic mass is 9.65. The van der Waals surface area contributed by atoms with Crippen molar-refractivity contribution in [2.45, 2.75) is 44.8 Å². The molecule has 5 rings (SSSR count). The Bertz CT molecular complexity index is 846. The van der Waals surface area contributed by atoms with Crippen LogP contribution in [0.4, 0.5) is 13.2 Å². The lowest BCUT2D eigenvalue weighted by molar-refractivity contribution is -0.137. The van der Waals surface area contributed by atoms with Crippen LogP contribution in [-0.2, 0) is 6.18 Å². The van der Waals surface area contributed by atoms with Crippen molar-refractivity contribution >= 4 is 27.2 Å². The minimum atomic E-state index is -4.36. The van der Waals surface area contributed by atoms with Crippen LogP contribution in [0.2, 0.25) is 0 Å². The average molecular weight is 381 g/mol. The van der Waals surface area contributed by atoms with Crippen molar-refractivity contribution in [1.29, 1.82) is 0 Å². The van der Waals surface area contributed by atoms with E-state index >= 15 is 0 Å². The van der Waals surface area contributed by atoms with Crippen molar-refractivity contribution in [3.63, 3.8) is 0 Å². The molecule has 0 saturated carbocycles. The summed E-state index contributed by atoms with van der Waals surface area (Å²) in [7, 11) is 0. The van der Waals surface area contributed by atoms with E-state index in [1.807, 2.05) is 0 Å². The molecule has 0 amide bonds. The van der Waals surface area contributed by atoms with E-state index in [1.54, 1.807) is 6.07 Å². The lowest BCUT2D eigenvalue weighted by Crippen LogP contribution is -2.61. The molecular formula is C20H22F3NOS. The number of hydrogen-bond acceptors (Lipinski definition) is 3. The van der Waals surface area contributed by atoms with Crippen LogP contribution >= 0.6 is 11.3 Å². The Morgan fingerprint density at radius 1 is 1.23 bits per heavy atom. The molecule has 1 aromatic heterocycles. The SMILES string of the molecule is CC1(C)[C@H](CC(=O)c2cc3cc(C(F)(F)F)ccc3s2)C2CCN1CC2. The van der Waals surface area contributed by atoms with Gasteiger partial charge in [-0.15, -0.1) is 11.3 Å². The van der Waals surface area contributed by atoms with Gasteiger partial charge in [-0.3, -0.25) is 9.69 Å². The molecule has 26 heavy (non-hydrogen) atoms. The first kappa shape index (κ1) is 18.0. The highest BCUT2D eigenvalue weighted by Gasteiger charge is 2.48. The Morgan fingerprint density at radius 2 is 1.92 bits per heavy atom. The highest BCUT2D eigenvalue weighted by Crippen LogP contribution is 2.46. The summed E-state index contributed by atoms with van der Waals surface area (Å²) < 4.78 is 39.4. The number of fused-ring (bicyclic) bond motifs is 4. The monoisotopic (exact) mass is 381 g/mol. The van der Waals surface area contributed by atoms with E-state index < -0.39 is 11.7 Å². The maximum atomic E-state index is 12.9. The largest absolute Gasteiger partial charge is 0.416 e. The fourth-order valence-electron chi connectivity index (χ4n) is 4.76. The number of thiophene rings is 1. The number of piperidine rings is 3. The Morgan fingerprint density at radius 3 is 2.54 bits per heavy atom. The number of alkyl halides is 3. The van der Waals surface area contributed by atoms with E-state index in [0.717, 1.165) is 42.8 Å². The van der Waals surface area contributed by atoms with Gasteiger partial charge in [0, 0.05) is 16.7 Å². The van der Waals surface area contributed by atoms with Crippen molar-refractivity contribution in [3.05, 3.63) is 34.7 Å². The van der Waals surface area contributed by atoms with Gasteiger partial charge in [0.1, 0.15) is 0 Å². The third kappa shape index (κ3) is 2.97. The highest BCUT2D eigenvalue weighted by atomic mass is 32.1. The van der Waals surface area contributed by atoms with Gasteiger partial charge in [-0.05, 0) is 81.3 Å². The van der Waals surface area contributed by atoms with Crippen molar-refractivity contribution < 1.29 is 18.0 Å². The summed E-state index contributed by atoms with van der Waals surface area (Å²) in [5.41, 5.74) is -0.655. The first-order chi connectivity index (χ1) is 12.2. The van der Waals surface area contributed by atoms with E-state index in [4.69, 9.17) is 0 Å². The molecule has 6 heteroatoms. The first-order valence-electron chi connectivity index (χ1n) is 9.05. The third-order valence-electron chi connectivity index (χ3n) is 6.35. The van der Waals surface area contributed by atoms with Crippen molar-refractivity contribution in [2.75, 3.05) is 13.1 Å². The molecule has 3 saturated heterocycles. The van der Waals surface area contributed by atoms with Crippen molar-refractivity contribution in [3.8, 4) is 0 Å². The minimum absolute atomic E-state index is 0.0109. The molecule has 4 heterocycles. The van der Waals surface area contributed by atoms with Crippen molar-refractivity contribution in [1.82, 2.24) is 4.90 Å². The van der Waals surface area contributed by atoms with Gasteiger partial charge in [-0.2, -0.15) is 13.2 Å². The second-order valence-electron chi connectivity index (χ2n) is 8.07. The molecule has 3 aliphatic rings. The second kappa shape index (κ2) is 6.06. The summed E-state index contributed by atoms with van der Waals surface area (Å²) >= 11 is 1.30. The topological polar surface area (TPSA) is 20.3 Å². The maximum absolute atomic E-state index is 12.9. The molecule has 140 valence electrons. The van der Waals surface area contributed by atoms with E-state index in [1.165, 1.54) is 17.4 Å². The molecule has 0 unspecified atom stereocenters. The zero-order chi connectivity index (χ0) is 18.7. The van der Waals surface area contributed by atoms with Gasteiger partial charge >= 0.3 is 6.18 Å². The molecule has 1 atom stereocenters. The molecule has 1 aromatic carbocycles. The number of carbonyl (C=O) groups is 1. The first-order valence-corrected chi connectivity index (χ1v) is 9.87. The number of ketones is 1. The fourth-order valence-corrected chi connectivity index (χ4v) is 5.76. The fraction of sp³-hybridized carbons (Fsp3) is 0.550. The molecule has 0 aliphatic carbocycles. The van der Waals surface area contributed by atoms with Crippen LogP contribution in [-0.4, -0.2) is 29.3 Å². The third-order valence-corrected chi connectivity index (χ3v) is 7.51. The van der Waals surface area contributed by atoms with Gasteiger partial charge in [-0.25, -0.2) is 0 Å². The molecule has 0 spiro atoms. The molecule has 2 nitrogen and oxygen atoms in total. The Balaban J connectivity index is 1.58. The Hall–Kier alpha value is -1.40. The van der Waals surface area contributed by atoms with Gasteiger partial charge in [0.15, 0.2) is 5.78 Å². The number of benzene rings is 1. The van der Waals surface area contributed by atoms with Gasteiger partial charge < -0.3 is 0 Å². The normalized spacial score (nSPS) is 27.8. The average Bonchev–Trinajstić information content (AvgIpc) is 3.01. The van der Waals surface area contributed by atoms with E-state index in [-0.39, 0.29) is 11.3 Å². The predicted octanol–water partition coefficient (Wildman–Crippen LogP) is 5.61. The number of carbonyl (C=O) groups excluding carboxylic acids is 1. The molecule has 2 bridgehead atoms. The minimum Gasteiger partial charge on any atom is -0.298 e. The van der Waals surface area contributed by atoms with Gasteiger partial charge in [0.2, 0.25) is 0 Å². The summed E-state index contributed by atoms with van der Waals surface area (Å²) in [5, 5.41) is 0.501. The molecular weight excluding hydrogens is 359 g/mol.